The number of carbonyl (C=O) groups is 1. The van der Waals surface area contributed by atoms with Gasteiger partial charge in [0.25, 0.3) is 0 Å². The number of carbonyl (C=O) groups excluding carboxylic acids is 1. The van der Waals surface area contributed by atoms with Crippen LogP contribution >= 0.6 is 0 Å². The molecule has 1 fully saturated rings. The summed E-state index contributed by atoms with van der Waals surface area (Å²) in [6.07, 6.45) is 0.00154. The summed E-state index contributed by atoms with van der Waals surface area (Å²) < 4.78 is 12.9. The molecule has 1 atom stereocenters. The number of pyridine rings is 1. The van der Waals surface area contributed by atoms with E-state index in [0.29, 0.717) is 31.3 Å². The molecule has 1 N–H and O–H groups in total. The zero-order valence-electron chi connectivity index (χ0n) is 17.7. The van der Waals surface area contributed by atoms with Crippen LogP contribution in [0.1, 0.15) is 34.5 Å². The summed E-state index contributed by atoms with van der Waals surface area (Å²) in [4.78, 5) is 19.4. The van der Waals surface area contributed by atoms with Crippen LogP contribution in [-0.2, 0) is 23.0 Å². The first-order valence-corrected chi connectivity index (χ1v) is 9.96. The molecule has 0 aromatic carbocycles. The van der Waals surface area contributed by atoms with Gasteiger partial charge in [0.2, 0.25) is 5.91 Å². The van der Waals surface area contributed by atoms with Gasteiger partial charge in [0.1, 0.15) is 17.7 Å². The van der Waals surface area contributed by atoms with Crippen LogP contribution in [0.15, 0.2) is 28.8 Å². The number of nitrogens with one attached hydrogen (secondary N) is 1. The predicted octanol–water partition coefficient (Wildman–Crippen LogP) is 2.61. The third-order valence-corrected chi connectivity index (χ3v) is 5.40. The molecule has 0 bridgehead atoms. The van der Waals surface area contributed by atoms with Gasteiger partial charge in [-0.25, -0.2) is 4.98 Å². The second-order valence-corrected chi connectivity index (χ2v) is 7.55. The summed E-state index contributed by atoms with van der Waals surface area (Å²) in [5, 5.41) is 11.6. The summed E-state index contributed by atoms with van der Waals surface area (Å²) in [5.41, 5.74) is 3.45. The molecule has 0 aliphatic carbocycles. The van der Waals surface area contributed by atoms with E-state index in [-0.39, 0.29) is 18.4 Å². The quantitative estimate of drug-likeness (QED) is 0.690. The van der Waals surface area contributed by atoms with Crippen LogP contribution in [0.25, 0.3) is 0 Å². The topological polar surface area (TPSA) is 98.3 Å². The molecule has 0 saturated carbocycles. The number of aromatic nitrogens is 4. The van der Waals surface area contributed by atoms with Crippen LogP contribution in [0.4, 0.5) is 11.6 Å². The number of hydrogen-bond donors (Lipinski definition) is 1. The lowest BCUT2D eigenvalue weighted by Gasteiger charge is -2.33. The molecular weight excluding hydrogens is 384 g/mol. The van der Waals surface area contributed by atoms with Crippen LogP contribution in [0.2, 0.25) is 0 Å². The number of aryl methyl sites for hydroxylation is 4. The summed E-state index contributed by atoms with van der Waals surface area (Å²) in [6, 6.07) is 7.69. The molecule has 1 amide bonds. The van der Waals surface area contributed by atoms with Crippen molar-refractivity contribution in [2.24, 2.45) is 7.05 Å². The Hall–Kier alpha value is -3.20. The fourth-order valence-electron chi connectivity index (χ4n) is 3.53. The molecule has 0 radical (unpaired) electrons. The smallest absolute Gasteiger partial charge is 0.227 e. The number of rotatable bonds is 5. The Morgan fingerprint density at radius 1 is 1.27 bits per heavy atom. The third kappa shape index (κ3) is 4.20. The Balaban J connectivity index is 1.44. The maximum absolute atomic E-state index is 12.8. The zero-order valence-corrected chi connectivity index (χ0v) is 17.7. The van der Waals surface area contributed by atoms with Crippen LogP contribution < -0.4 is 5.32 Å². The van der Waals surface area contributed by atoms with Gasteiger partial charge < -0.3 is 19.5 Å². The maximum Gasteiger partial charge on any atom is 0.227 e. The first kappa shape index (κ1) is 20.1. The van der Waals surface area contributed by atoms with Crippen molar-refractivity contribution in [3.63, 3.8) is 0 Å². The SMILES string of the molecule is Cc1noc(C)c1CC(=O)N1CCO[C@@H](c2cccc(Nc3cc(C)n(C)n3)n2)C1. The second kappa shape index (κ2) is 8.27. The monoisotopic (exact) mass is 410 g/mol. The van der Waals surface area contributed by atoms with Gasteiger partial charge in [-0.2, -0.15) is 5.10 Å². The Morgan fingerprint density at radius 2 is 2.10 bits per heavy atom. The Kier molecular flexibility index (Phi) is 5.54. The minimum atomic E-state index is -0.278. The Bertz CT molecular complexity index is 1020. The highest BCUT2D eigenvalue weighted by Crippen LogP contribution is 2.24. The minimum Gasteiger partial charge on any atom is -0.368 e. The molecule has 1 saturated heterocycles. The van der Waals surface area contributed by atoms with Crippen LogP contribution in [0.5, 0.6) is 0 Å². The highest BCUT2D eigenvalue weighted by atomic mass is 16.5. The molecule has 3 aromatic heterocycles. The molecule has 0 unspecified atom stereocenters. The Labute approximate surface area is 175 Å². The first-order chi connectivity index (χ1) is 14.4. The van der Waals surface area contributed by atoms with E-state index in [1.807, 2.05) is 57.0 Å². The summed E-state index contributed by atoms with van der Waals surface area (Å²) >= 11 is 0. The van der Waals surface area contributed by atoms with E-state index in [0.717, 1.165) is 28.5 Å². The van der Waals surface area contributed by atoms with Crippen LogP contribution in [0.3, 0.4) is 0 Å². The number of amides is 1. The summed E-state index contributed by atoms with van der Waals surface area (Å²) in [7, 11) is 1.90. The third-order valence-electron chi connectivity index (χ3n) is 5.40. The van der Waals surface area contributed by atoms with Crippen molar-refractivity contribution in [1.82, 2.24) is 24.8 Å². The highest BCUT2D eigenvalue weighted by molar-refractivity contribution is 5.79. The average molecular weight is 410 g/mol. The minimum absolute atomic E-state index is 0.0379. The first-order valence-electron chi connectivity index (χ1n) is 9.96. The molecular formula is C21H26N6O3. The summed E-state index contributed by atoms with van der Waals surface area (Å²) in [5.74, 6) is 2.15. The van der Waals surface area contributed by atoms with Gasteiger partial charge in [-0.05, 0) is 32.9 Å². The number of nitrogens with zero attached hydrogens (tertiary/aromatic N) is 5. The van der Waals surface area contributed by atoms with Crippen molar-refractivity contribution in [2.75, 3.05) is 25.0 Å². The zero-order chi connectivity index (χ0) is 21.3. The molecule has 1 aliphatic heterocycles. The van der Waals surface area contributed by atoms with E-state index in [1.165, 1.54) is 0 Å². The van der Waals surface area contributed by atoms with E-state index in [1.54, 1.807) is 4.68 Å². The molecule has 3 aromatic rings. The van der Waals surface area contributed by atoms with Gasteiger partial charge in [0.05, 0.1) is 31.0 Å². The van der Waals surface area contributed by atoms with Gasteiger partial charge in [0, 0.05) is 30.9 Å². The molecule has 9 heteroatoms. The second-order valence-electron chi connectivity index (χ2n) is 7.55. The molecule has 4 rings (SSSR count). The largest absolute Gasteiger partial charge is 0.368 e. The number of ether oxygens (including phenoxy) is 1. The van der Waals surface area contributed by atoms with E-state index >= 15 is 0 Å². The van der Waals surface area contributed by atoms with Gasteiger partial charge in [-0.15, -0.1) is 0 Å². The van der Waals surface area contributed by atoms with Crippen molar-refractivity contribution < 1.29 is 14.1 Å². The maximum atomic E-state index is 12.8. The molecule has 30 heavy (non-hydrogen) atoms. The van der Waals surface area contributed by atoms with Crippen molar-refractivity contribution in [3.05, 3.63) is 52.7 Å². The average Bonchev–Trinajstić information content (AvgIpc) is 3.23. The molecule has 158 valence electrons. The molecule has 0 spiro atoms. The van der Waals surface area contributed by atoms with E-state index < -0.39 is 0 Å². The normalized spacial score (nSPS) is 16.7. The van der Waals surface area contributed by atoms with E-state index in [2.05, 4.69) is 20.6 Å². The number of anilines is 2. The van der Waals surface area contributed by atoms with Gasteiger partial charge in [0.15, 0.2) is 5.82 Å². The van der Waals surface area contributed by atoms with Crippen molar-refractivity contribution in [3.8, 4) is 0 Å². The number of morpholine rings is 1. The van der Waals surface area contributed by atoms with E-state index in [9.17, 15) is 4.79 Å². The van der Waals surface area contributed by atoms with Crippen LogP contribution in [-0.4, -0.2) is 50.4 Å². The summed E-state index contributed by atoms with van der Waals surface area (Å²) in [6.45, 7) is 7.16. The van der Waals surface area contributed by atoms with E-state index in [4.69, 9.17) is 9.26 Å². The number of hydrogen-bond acceptors (Lipinski definition) is 7. The standard InChI is InChI=1S/C21H26N6O3/c1-13-10-20(24-26(13)4)23-19-7-5-6-17(22-19)18-12-27(8-9-29-18)21(28)11-16-14(2)25-30-15(16)3/h5-7,10,18H,8-9,11-12H2,1-4H3,(H,22,23,24)/t18-/m1/s1. The highest BCUT2D eigenvalue weighted by Gasteiger charge is 2.27. The lowest BCUT2D eigenvalue weighted by molar-refractivity contribution is -0.138. The van der Waals surface area contributed by atoms with Crippen molar-refractivity contribution >= 4 is 17.5 Å². The molecule has 9 nitrogen and oxygen atoms in total. The Morgan fingerprint density at radius 3 is 2.80 bits per heavy atom. The van der Waals surface area contributed by atoms with Gasteiger partial charge in [-0.1, -0.05) is 11.2 Å². The fraction of sp³-hybridized carbons (Fsp3) is 0.429. The fourth-order valence-corrected chi connectivity index (χ4v) is 3.53. The molecule has 4 heterocycles. The molecule has 1 aliphatic rings. The van der Waals surface area contributed by atoms with Gasteiger partial charge in [-0.3, -0.25) is 9.48 Å². The van der Waals surface area contributed by atoms with Crippen molar-refractivity contribution in [1.29, 1.82) is 0 Å². The van der Waals surface area contributed by atoms with Crippen molar-refractivity contribution in [2.45, 2.75) is 33.3 Å². The van der Waals surface area contributed by atoms with Gasteiger partial charge >= 0.3 is 0 Å². The lowest BCUT2D eigenvalue weighted by Crippen LogP contribution is -2.43. The van der Waals surface area contributed by atoms with Crippen LogP contribution in [0, 0.1) is 20.8 Å². The predicted molar refractivity (Wildman–Crippen MR) is 110 cm³/mol. The lowest BCUT2D eigenvalue weighted by atomic mass is 10.1.